The van der Waals surface area contributed by atoms with Crippen molar-refractivity contribution in [1.82, 2.24) is 0 Å². The summed E-state index contributed by atoms with van der Waals surface area (Å²) < 4.78 is 5.63. The Labute approximate surface area is 153 Å². The highest BCUT2D eigenvalue weighted by molar-refractivity contribution is 6.30. The molecule has 3 atom stereocenters. The third-order valence-corrected chi connectivity index (χ3v) is 5.72. The molecule has 0 amide bonds. The topological polar surface area (TPSA) is 36.6 Å². The van der Waals surface area contributed by atoms with Crippen LogP contribution in [0.15, 0.2) is 47.1 Å². The molecule has 3 nitrogen and oxygen atoms in total. The van der Waals surface area contributed by atoms with Gasteiger partial charge < -0.3 is 14.4 Å². The summed E-state index contributed by atoms with van der Waals surface area (Å²) in [5, 5.41) is 12.0. The fraction of sp³-hybridized carbons (Fsp3) is 0.429. The lowest BCUT2D eigenvalue weighted by Crippen LogP contribution is -2.56. The average molecular weight is 356 g/mol. The Kier molecular flexibility index (Phi) is 4.50. The van der Waals surface area contributed by atoms with Crippen LogP contribution in [0.3, 0.4) is 0 Å². The van der Waals surface area contributed by atoms with E-state index in [1.165, 1.54) is 0 Å². The number of hydrogen-bond donors (Lipinski definition) is 1. The maximum absolute atomic E-state index is 11.3. The van der Waals surface area contributed by atoms with Crippen LogP contribution in [0.1, 0.15) is 37.7 Å². The number of anilines is 1. The van der Waals surface area contributed by atoms with Crippen molar-refractivity contribution >= 4 is 17.5 Å². The van der Waals surface area contributed by atoms with Gasteiger partial charge in [0.2, 0.25) is 0 Å². The number of halogens is 1. The van der Waals surface area contributed by atoms with Gasteiger partial charge >= 0.3 is 0 Å². The first-order valence-corrected chi connectivity index (χ1v) is 9.35. The molecule has 0 spiro atoms. The molecule has 0 bridgehead atoms. The Morgan fingerprint density at radius 1 is 1.20 bits per heavy atom. The Morgan fingerprint density at radius 3 is 2.92 bits per heavy atom. The van der Waals surface area contributed by atoms with Crippen molar-refractivity contribution in [2.75, 3.05) is 11.4 Å². The average Bonchev–Trinajstić information content (AvgIpc) is 3.15. The summed E-state index contributed by atoms with van der Waals surface area (Å²) in [5.74, 6) is 7.40. The van der Waals surface area contributed by atoms with Crippen LogP contribution in [0, 0.1) is 17.8 Å². The number of rotatable bonds is 1. The summed E-state index contributed by atoms with van der Waals surface area (Å²) in [6.07, 6.45) is 6.54. The van der Waals surface area contributed by atoms with E-state index in [4.69, 9.17) is 16.0 Å². The molecule has 2 aromatic rings. The molecule has 4 heteroatoms. The molecule has 1 aromatic heterocycles. The van der Waals surface area contributed by atoms with Crippen molar-refractivity contribution in [3.63, 3.8) is 0 Å². The fourth-order valence-corrected chi connectivity index (χ4v) is 4.54. The zero-order valence-electron chi connectivity index (χ0n) is 14.1. The molecule has 2 heterocycles. The van der Waals surface area contributed by atoms with E-state index >= 15 is 0 Å². The minimum Gasteiger partial charge on any atom is -0.449 e. The molecule has 1 saturated carbocycles. The van der Waals surface area contributed by atoms with Gasteiger partial charge in [-0.15, -0.1) is 0 Å². The first kappa shape index (κ1) is 16.6. The number of piperidine rings is 1. The number of furan rings is 1. The van der Waals surface area contributed by atoms with Gasteiger partial charge in [-0.1, -0.05) is 29.5 Å². The highest BCUT2D eigenvalue weighted by Crippen LogP contribution is 2.43. The molecule has 2 fully saturated rings. The molecule has 2 aliphatic rings. The molecule has 1 aromatic carbocycles. The highest BCUT2D eigenvalue weighted by atomic mass is 35.5. The van der Waals surface area contributed by atoms with E-state index in [1.54, 1.807) is 6.26 Å². The number of aliphatic hydroxyl groups is 1. The maximum atomic E-state index is 11.3. The van der Waals surface area contributed by atoms with Crippen molar-refractivity contribution in [3.05, 3.63) is 53.2 Å². The predicted octanol–water partition coefficient (Wildman–Crippen LogP) is 4.48. The van der Waals surface area contributed by atoms with Crippen molar-refractivity contribution in [1.29, 1.82) is 0 Å². The number of fused-ring (bicyclic) bond motifs is 1. The molecule has 4 rings (SSSR count). The van der Waals surface area contributed by atoms with Crippen LogP contribution in [0.5, 0.6) is 0 Å². The molecule has 25 heavy (non-hydrogen) atoms. The summed E-state index contributed by atoms with van der Waals surface area (Å²) in [7, 11) is 0. The molecule has 1 N–H and O–H groups in total. The molecule has 1 aliphatic carbocycles. The molecule has 1 saturated heterocycles. The number of nitrogens with zero attached hydrogens (tertiary/aromatic N) is 1. The van der Waals surface area contributed by atoms with Crippen LogP contribution in [-0.2, 0) is 0 Å². The monoisotopic (exact) mass is 355 g/mol. The van der Waals surface area contributed by atoms with E-state index in [1.807, 2.05) is 36.4 Å². The quantitative estimate of drug-likeness (QED) is 0.766. The van der Waals surface area contributed by atoms with Crippen LogP contribution < -0.4 is 4.90 Å². The molecule has 3 unspecified atom stereocenters. The van der Waals surface area contributed by atoms with Gasteiger partial charge in [-0.25, -0.2) is 0 Å². The number of hydrogen-bond acceptors (Lipinski definition) is 3. The van der Waals surface area contributed by atoms with Gasteiger partial charge in [0.05, 0.1) is 6.26 Å². The van der Waals surface area contributed by atoms with Gasteiger partial charge in [-0.2, -0.15) is 0 Å². The van der Waals surface area contributed by atoms with Crippen molar-refractivity contribution in [2.24, 2.45) is 5.92 Å². The Hall–Kier alpha value is -1.89. The SMILES string of the molecule is OC1(C#Cc2cccc(Cl)c2)CCCC2C1CCCN2c1ccco1. The minimum atomic E-state index is -0.948. The molecular formula is C21H22ClNO2. The van der Waals surface area contributed by atoms with Gasteiger partial charge in [0, 0.05) is 35.2 Å². The summed E-state index contributed by atoms with van der Waals surface area (Å²) in [4.78, 5) is 2.32. The molecular weight excluding hydrogens is 334 g/mol. The summed E-state index contributed by atoms with van der Waals surface area (Å²) >= 11 is 6.04. The van der Waals surface area contributed by atoms with Crippen molar-refractivity contribution in [3.8, 4) is 11.8 Å². The fourth-order valence-electron chi connectivity index (χ4n) is 4.35. The second-order valence-electron chi connectivity index (χ2n) is 7.04. The Morgan fingerprint density at radius 2 is 2.12 bits per heavy atom. The summed E-state index contributed by atoms with van der Waals surface area (Å²) in [6, 6.07) is 11.7. The summed E-state index contributed by atoms with van der Waals surface area (Å²) in [6.45, 7) is 0.979. The van der Waals surface area contributed by atoms with Gasteiger partial charge in [-0.05, 0) is 56.4 Å². The van der Waals surface area contributed by atoms with Gasteiger partial charge in [0.1, 0.15) is 5.60 Å². The van der Waals surface area contributed by atoms with E-state index < -0.39 is 5.60 Å². The smallest absolute Gasteiger partial charge is 0.195 e. The lowest BCUT2D eigenvalue weighted by molar-refractivity contribution is -0.0194. The lowest BCUT2D eigenvalue weighted by atomic mass is 9.68. The normalized spacial score (nSPS) is 28.8. The third kappa shape index (κ3) is 3.29. The second kappa shape index (κ2) is 6.78. The van der Waals surface area contributed by atoms with E-state index in [2.05, 4.69) is 16.7 Å². The van der Waals surface area contributed by atoms with E-state index in [0.29, 0.717) is 5.02 Å². The standard InChI is InChI=1S/C21H22ClNO2/c22-17-6-1-5-16(15-17)10-12-21(24)11-2-8-19-18(21)7-3-13-23(19)20-9-4-14-25-20/h1,4-6,9,14-15,18-19,24H,2-3,7-8,11,13H2. The van der Waals surface area contributed by atoms with Crippen LogP contribution in [-0.4, -0.2) is 23.3 Å². The van der Waals surface area contributed by atoms with Crippen molar-refractivity contribution in [2.45, 2.75) is 43.7 Å². The minimum absolute atomic E-state index is 0.145. The first-order chi connectivity index (χ1) is 12.2. The van der Waals surface area contributed by atoms with Gasteiger partial charge in [-0.3, -0.25) is 0 Å². The van der Waals surface area contributed by atoms with E-state index in [9.17, 15) is 5.11 Å². The zero-order valence-corrected chi connectivity index (χ0v) is 14.9. The third-order valence-electron chi connectivity index (χ3n) is 5.49. The van der Waals surface area contributed by atoms with E-state index in [0.717, 1.165) is 50.1 Å². The van der Waals surface area contributed by atoms with Gasteiger partial charge in [0.25, 0.3) is 0 Å². The molecule has 130 valence electrons. The largest absolute Gasteiger partial charge is 0.449 e. The van der Waals surface area contributed by atoms with Crippen molar-refractivity contribution < 1.29 is 9.52 Å². The van der Waals surface area contributed by atoms with Crippen LogP contribution in [0.4, 0.5) is 5.88 Å². The Bertz CT molecular complexity index is 792. The lowest BCUT2D eigenvalue weighted by Gasteiger charge is -2.49. The molecule has 0 radical (unpaired) electrons. The second-order valence-corrected chi connectivity index (χ2v) is 7.47. The summed E-state index contributed by atoms with van der Waals surface area (Å²) in [5.41, 5.74) is -0.0991. The zero-order chi connectivity index (χ0) is 17.3. The van der Waals surface area contributed by atoms with E-state index in [-0.39, 0.29) is 12.0 Å². The van der Waals surface area contributed by atoms with Gasteiger partial charge in [0.15, 0.2) is 5.88 Å². The number of benzene rings is 1. The Balaban J connectivity index is 1.62. The van der Waals surface area contributed by atoms with Crippen LogP contribution in [0.2, 0.25) is 5.02 Å². The van der Waals surface area contributed by atoms with Crippen LogP contribution >= 0.6 is 11.6 Å². The van der Waals surface area contributed by atoms with Crippen LogP contribution in [0.25, 0.3) is 0 Å². The highest BCUT2D eigenvalue weighted by Gasteiger charge is 2.47. The predicted molar refractivity (Wildman–Crippen MR) is 99.7 cm³/mol. The molecule has 1 aliphatic heterocycles. The first-order valence-electron chi connectivity index (χ1n) is 8.97. The maximum Gasteiger partial charge on any atom is 0.195 e.